The number of amides is 1. The summed E-state index contributed by atoms with van der Waals surface area (Å²) in [6.07, 6.45) is 0.553. The SMILES string of the molecule is CCCN1C(=O)COC(C(=O)O)C1c1ccccc1CC. The zero-order valence-corrected chi connectivity index (χ0v) is 12.4. The van der Waals surface area contributed by atoms with Crippen LogP contribution >= 0.6 is 0 Å². The molecule has 1 N–H and O–H groups in total. The molecule has 21 heavy (non-hydrogen) atoms. The van der Waals surface area contributed by atoms with Crippen molar-refractivity contribution in [2.45, 2.75) is 38.8 Å². The van der Waals surface area contributed by atoms with E-state index in [9.17, 15) is 14.7 Å². The van der Waals surface area contributed by atoms with Crippen molar-refractivity contribution in [2.75, 3.05) is 13.2 Å². The van der Waals surface area contributed by atoms with E-state index >= 15 is 0 Å². The highest BCUT2D eigenvalue weighted by molar-refractivity contribution is 5.83. The number of carboxylic acids is 1. The van der Waals surface area contributed by atoms with Crippen molar-refractivity contribution in [3.8, 4) is 0 Å². The first kappa shape index (κ1) is 15.5. The highest BCUT2D eigenvalue weighted by atomic mass is 16.5. The first-order chi connectivity index (χ1) is 10.1. The van der Waals surface area contributed by atoms with Gasteiger partial charge in [0.1, 0.15) is 6.61 Å². The molecular weight excluding hydrogens is 270 g/mol. The van der Waals surface area contributed by atoms with Crippen LogP contribution < -0.4 is 0 Å². The van der Waals surface area contributed by atoms with E-state index in [0.717, 1.165) is 24.0 Å². The van der Waals surface area contributed by atoms with Gasteiger partial charge >= 0.3 is 5.97 Å². The standard InChI is InChI=1S/C16H21NO4/c1-3-9-17-13(18)10-21-15(16(19)20)14(17)12-8-6-5-7-11(12)4-2/h5-8,14-15H,3-4,9-10H2,1-2H3,(H,19,20). The van der Waals surface area contributed by atoms with Crippen molar-refractivity contribution in [1.29, 1.82) is 0 Å². The fraction of sp³-hybridized carbons (Fsp3) is 0.500. The molecule has 5 heteroatoms. The molecule has 0 aliphatic carbocycles. The Morgan fingerprint density at radius 3 is 2.71 bits per heavy atom. The summed E-state index contributed by atoms with van der Waals surface area (Å²) in [5, 5.41) is 9.44. The van der Waals surface area contributed by atoms with E-state index in [-0.39, 0.29) is 12.5 Å². The number of nitrogens with zero attached hydrogens (tertiary/aromatic N) is 1. The minimum Gasteiger partial charge on any atom is -0.479 e. The number of hydrogen-bond donors (Lipinski definition) is 1. The monoisotopic (exact) mass is 291 g/mol. The van der Waals surface area contributed by atoms with Crippen molar-refractivity contribution >= 4 is 11.9 Å². The number of morpholine rings is 1. The fourth-order valence-corrected chi connectivity index (χ4v) is 2.84. The first-order valence-electron chi connectivity index (χ1n) is 7.31. The number of carbonyl (C=O) groups is 2. The van der Waals surface area contributed by atoms with Gasteiger partial charge in [0.2, 0.25) is 5.91 Å². The molecule has 2 unspecified atom stereocenters. The van der Waals surface area contributed by atoms with Gasteiger partial charge in [-0.3, -0.25) is 4.79 Å². The van der Waals surface area contributed by atoms with Gasteiger partial charge in [0, 0.05) is 6.54 Å². The fourth-order valence-electron chi connectivity index (χ4n) is 2.84. The van der Waals surface area contributed by atoms with Gasteiger partial charge in [-0.05, 0) is 24.0 Å². The Labute approximate surface area is 124 Å². The van der Waals surface area contributed by atoms with Gasteiger partial charge in [-0.25, -0.2) is 4.79 Å². The number of carbonyl (C=O) groups excluding carboxylic acids is 1. The predicted octanol–water partition coefficient (Wildman–Crippen LogP) is 2.01. The second kappa shape index (κ2) is 6.72. The first-order valence-corrected chi connectivity index (χ1v) is 7.31. The zero-order valence-electron chi connectivity index (χ0n) is 12.4. The molecule has 1 saturated heterocycles. The van der Waals surface area contributed by atoms with Gasteiger partial charge in [0.25, 0.3) is 0 Å². The van der Waals surface area contributed by atoms with Gasteiger partial charge in [-0.1, -0.05) is 38.1 Å². The van der Waals surface area contributed by atoms with Crippen LogP contribution in [0.15, 0.2) is 24.3 Å². The third-order valence-corrected chi connectivity index (χ3v) is 3.79. The minimum atomic E-state index is -1.03. The average Bonchev–Trinajstić information content (AvgIpc) is 2.49. The Kier molecular flexibility index (Phi) is 4.96. The summed E-state index contributed by atoms with van der Waals surface area (Å²) in [6.45, 7) is 4.36. The Morgan fingerprint density at radius 1 is 1.38 bits per heavy atom. The van der Waals surface area contributed by atoms with Crippen LogP contribution in [0.3, 0.4) is 0 Å². The van der Waals surface area contributed by atoms with Crippen molar-refractivity contribution in [1.82, 2.24) is 4.90 Å². The maximum Gasteiger partial charge on any atom is 0.335 e. The number of carboxylic acid groups (broad SMARTS) is 1. The van der Waals surface area contributed by atoms with Crippen molar-refractivity contribution in [2.24, 2.45) is 0 Å². The largest absolute Gasteiger partial charge is 0.479 e. The molecule has 0 spiro atoms. The molecule has 2 atom stereocenters. The smallest absolute Gasteiger partial charge is 0.335 e. The summed E-state index contributed by atoms with van der Waals surface area (Å²) < 4.78 is 5.30. The van der Waals surface area contributed by atoms with Crippen LogP contribution in [0.5, 0.6) is 0 Å². The number of aliphatic carboxylic acids is 1. The summed E-state index contributed by atoms with van der Waals surface area (Å²) in [5.41, 5.74) is 1.92. The molecule has 114 valence electrons. The Bertz CT molecular complexity index is 529. The molecule has 2 rings (SSSR count). The van der Waals surface area contributed by atoms with Crippen LogP contribution in [0, 0.1) is 0 Å². The van der Waals surface area contributed by atoms with E-state index in [1.165, 1.54) is 0 Å². The predicted molar refractivity (Wildman–Crippen MR) is 77.9 cm³/mol. The lowest BCUT2D eigenvalue weighted by molar-refractivity contribution is -0.173. The Hall–Kier alpha value is -1.88. The van der Waals surface area contributed by atoms with E-state index in [1.807, 2.05) is 38.1 Å². The van der Waals surface area contributed by atoms with E-state index in [0.29, 0.717) is 6.54 Å². The second-order valence-corrected chi connectivity index (χ2v) is 5.15. The maximum absolute atomic E-state index is 12.1. The van der Waals surface area contributed by atoms with Crippen LogP contribution in [0.4, 0.5) is 0 Å². The third-order valence-electron chi connectivity index (χ3n) is 3.79. The molecule has 0 aromatic heterocycles. The number of hydrogen-bond acceptors (Lipinski definition) is 3. The topological polar surface area (TPSA) is 66.8 Å². The van der Waals surface area contributed by atoms with E-state index in [2.05, 4.69) is 0 Å². The molecule has 1 aromatic rings. The molecule has 0 saturated carbocycles. The van der Waals surface area contributed by atoms with Crippen LogP contribution in [0.25, 0.3) is 0 Å². The zero-order chi connectivity index (χ0) is 15.4. The van der Waals surface area contributed by atoms with Crippen LogP contribution in [-0.2, 0) is 20.7 Å². The van der Waals surface area contributed by atoms with E-state index < -0.39 is 18.1 Å². The quantitative estimate of drug-likeness (QED) is 0.901. The number of aryl methyl sites for hydroxylation is 1. The molecule has 1 aliphatic rings. The van der Waals surface area contributed by atoms with Crippen LogP contribution in [0.1, 0.15) is 37.4 Å². The molecule has 1 heterocycles. The summed E-state index contributed by atoms with van der Waals surface area (Å²) in [6, 6.07) is 7.10. The summed E-state index contributed by atoms with van der Waals surface area (Å²) in [5.74, 6) is -1.18. The highest BCUT2D eigenvalue weighted by Crippen LogP contribution is 2.32. The van der Waals surface area contributed by atoms with E-state index in [4.69, 9.17) is 4.74 Å². The third kappa shape index (κ3) is 3.08. The van der Waals surface area contributed by atoms with Crippen molar-refractivity contribution in [3.05, 3.63) is 35.4 Å². The second-order valence-electron chi connectivity index (χ2n) is 5.15. The van der Waals surface area contributed by atoms with Gasteiger partial charge < -0.3 is 14.7 Å². The van der Waals surface area contributed by atoms with Gasteiger partial charge in [-0.15, -0.1) is 0 Å². The normalized spacial score (nSPS) is 22.4. The lowest BCUT2D eigenvalue weighted by Gasteiger charge is -2.40. The summed E-state index contributed by atoms with van der Waals surface area (Å²) in [4.78, 5) is 25.3. The van der Waals surface area contributed by atoms with Crippen molar-refractivity contribution in [3.63, 3.8) is 0 Å². The molecular formula is C16H21NO4. The van der Waals surface area contributed by atoms with E-state index in [1.54, 1.807) is 4.90 Å². The Morgan fingerprint density at radius 2 is 2.10 bits per heavy atom. The van der Waals surface area contributed by atoms with Gasteiger partial charge in [0.05, 0.1) is 6.04 Å². The summed E-state index contributed by atoms with van der Waals surface area (Å²) >= 11 is 0. The minimum absolute atomic E-state index is 0.148. The van der Waals surface area contributed by atoms with Crippen molar-refractivity contribution < 1.29 is 19.4 Å². The Balaban J connectivity index is 2.48. The maximum atomic E-state index is 12.1. The molecule has 5 nitrogen and oxygen atoms in total. The lowest BCUT2D eigenvalue weighted by Crippen LogP contribution is -2.52. The number of rotatable bonds is 5. The molecule has 1 amide bonds. The van der Waals surface area contributed by atoms with Gasteiger partial charge in [-0.2, -0.15) is 0 Å². The molecule has 1 aliphatic heterocycles. The molecule has 0 radical (unpaired) electrons. The highest BCUT2D eigenvalue weighted by Gasteiger charge is 2.42. The average molecular weight is 291 g/mol. The van der Waals surface area contributed by atoms with Crippen LogP contribution in [0.2, 0.25) is 0 Å². The van der Waals surface area contributed by atoms with Gasteiger partial charge in [0.15, 0.2) is 6.10 Å². The number of benzene rings is 1. The molecule has 0 bridgehead atoms. The molecule has 1 aromatic carbocycles. The molecule has 1 fully saturated rings. The lowest BCUT2D eigenvalue weighted by atomic mass is 9.92. The summed E-state index contributed by atoms with van der Waals surface area (Å²) in [7, 11) is 0. The van der Waals surface area contributed by atoms with Crippen LogP contribution in [-0.4, -0.2) is 41.1 Å². The number of ether oxygens (including phenoxy) is 1.